The molecule has 68 valence electrons. The number of carboxylic acids is 1. The molecule has 0 aromatic carbocycles. The van der Waals surface area contributed by atoms with Crippen LogP contribution in [0.1, 0.15) is 32.6 Å². The van der Waals surface area contributed by atoms with Gasteiger partial charge in [-0.1, -0.05) is 19.8 Å². The van der Waals surface area contributed by atoms with Crippen LogP contribution in [0.2, 0.25) is 0 Å². The first-order chi connectivity index (χ1) is 5.70. The van der Waals surface area contributed by atoms with E-state index in [1.807, 2.05) is 0 Å². The van der Waals surface area contributed by atoms with Crippen LogP contribution in [0.5, 0.6) is 0 Å². The Labute approximate surface area is 73.0 Å². The van der Waals surface area contributed by atoms with Crippen molar-refractivity contribution in [3.8, 4) is 0 Å². The number of rotatable bonds is 1. The van der Waals surface area contributed by atoms with Crippen LogP contribution < -0.4 is 0 Å². The summed E-state index contributed by atoms with van der Waals surface area (Å²) in [6, 6.07) is 0. The molecular formula is C10H16O2. The monoisotopic (exact) mass is 168 g/mol. The minimum Gasteiger partial charge on any atom is -0.481 e. The Morgan fingerprint density at radius 2 is 2.00 bits per heavy atom. The second-order valence-corrected chi connectivity index (χ2v) is 4.41. The van der Waals surface area contributed by atoms with E-state index in [4.69, 9.17) is 5.11 Å². The average molecular weight is 168 g/mol. The molecule has 4 unspecified atom stereocenters. The smallest absolute Gasteiger partial charge is 0.307 e. The number of aliphatic carboxylic acids is 1. The molecule has 2 bridgehead atoms. The fourth-order valence-electron chi connectivity index (χ4n) is 3.22. The maximum absolute atomic E-state index is 11.0. The van der Waals surface area contributed by atoms with Crippen molar-refractivity contribution >= 4 is 5.97 Å². The first-order valence-electron chi connectivity index (χ1n) is 4.93. The van der Waals surface area contributed by atoms with Crippen LogP contribution >= 0.6 is 0 Å². The van der Waals surface area contributed by atoms with Crippen LogP contribution in [0, 0.1) is 23.7 Å². The van der Waals surface area contributed by atoms with E-state index in [1.54, 1.807) is 0 Å². The summed E-state index contributed by atoms with van der Waals surface area (Å²) in [7, 11) is 0. The van der Waals surface area contributed by atoms with Gasteiger partial charge in [-0.3, -0.25) is 4.79 Å². The Kier molecular flexibility index (Phi) is 1.85. The SMILES string of the molecule is CC1C2CCCC(C2)C1C(=O)O. The fraction of sp³-hybridized carbons (Fsp3) is 0.900. The predicted molar refractivity (Wildman–Crippen MR) is 45.7 cm³/mol. The highest BCUT2D eigenvalue weighted by molar-refractivity contribution is 5.71. The van der Waals surface area contributed by atoms with Gasteiger partial charge < -0.3 is 5.11 Å². The molecule has 2 fully saturated rings. The highest BCUT2D eigenvalue weighted by Crippen LogP contribution is 2.49. The Balaban J connectivity index is 2.18. The van der Waals surface area contributed by atoms with Crippen molar-refractivity contribution in [2.75, 3.05) is 0 Å². The molecule has 2 rings (SSSR count). The maximum atomic E-state index is 11.0. The Hall–Kier alpha value is -0.530. The van der Waals surface area contributed by atoms with Gasteiger partial charge in [0.05, 0.1) is 5.92 Å². The van der Waals surface area contributed by atoms with E-state index >= 15 is 0 Å². The summed E-state index contributed by atoms with van der Waals surface area (Å²) < 4.78 is 0. The zero-order valence-corrected chi connectivity index (χ0v) is 7.49. The Bertz CT molecular complexity index is 198. The van der Waals surface area contributed by atoms with Crippen LogP contribution in [0.4, 0.5) is 0 Å². The molecule has 0 spiro atoms. The van der Waals surface area contributed by atoms with Gasteiger partial charge in [-0.15, -0.1) is 0 Å². The largest absolute Gasteiger partial charge is 0.481 e. The van der Waals surface area contributed by atoms with Crippen molar-refractivity contribution in [1.82, 2.24) is 0 Å². The molecule has 0 aromatic heterocycles. The third kappa shape index (κ3) is 1.05. The van der Waals surface area contributed by atoms with Crippen molar-refractivity contribution in [2.24, 2.45) is 23.7 Å². The molecular weight excluding hydrogens is 152 g/mol. The molecule has 2 aliphatic rings. The Morgan fingerprint density at radius 1 is 1.33 bits per heavy atom. The lowest BCUT2D eigenvalue weighted by molar-refractivity contribution is -0.144. The van der Waals surface area contributed by atoms with Crippen molar-refractivity contribution in [3.05, 3.63) is 0 Å². The third-order valence-corrected chi connectivity index (χ3v) is 3.86. The van der Waals surface area contributed by atoms with E-state index in [0.29, 0.717) is 17.8 Å². The highest BCUT2D eigenvalue weighted by atomic mass is 16.4. The van der Waals surface area contributed by atoms with Crippen LogP contribution in [-0.4, -0.2) is 11.1 Å². The second kappa shape index (κ2) is 2.75. The molecule has 12 heavy (non-hydrogen) atoms. The van der Waals surface area contributed by atoms with Gasteiger partial charge >= 0.3 is 5.97 Å². The number of fused-ring (bicyclic) bond motifs is 2. The summed E-state index contributed by atoms with van der Waals surface area (Å²) in [4.78, 5) is 11.0. The minimum absolute atomic E-state index is 0.0301. The molecule has 0 amide bonds. The maximum Gasteiger partial charge on any atom is 0.307 e. The van der Waals surface area contributed by atoms with E-state index in [-0.39, 0.29) is 5.92 Å². The summed E-state index contributed by atoms with van der Waals surface area (Å²) in [5.41, 5.74) is 0. The quantitative estimate of drug-likeness (QED) is 0.651. The number of hydrogen-bond acceptors (Lipinski definition) is 1. The molecule has 2 nitrogen and oxygen atoms in total. The van der Waals surface area contributed by atoms with Gasteiger partial charge in [-0.25, -0.2) is 0 Å². The van der Waals surface area contributed by atoms with E-state index in [0.717, 1.165) is 6.42 Å². The van der Waals surface area contributed by atoms with Crippen LogP contribution in [-0.2, 0) is 4.79 Å². The van der Waals surface area contributed by atoms with E-state index in [1.165, 1.54) is 19.3 Å². The van der Waals surface area contributed by atoms with Crippen LogP contribution in [0.3, 0.4) is 0 Å². The molecule has 4 atom stereocenters. The lowest BCUT2D eigenvalue weighted by atomic mass is 9.87. The molecule has 0 heterocycles. The predicted octanol–water partition coefficient (Wildman–Crippen LogP) is 2.14. The van der Waals surface area contributed by atoms with Gasteiger partial charge in [-0.05, 0) is 30.6 Å². The zero-order chi connectivity index (χ0) is 8.72. The lowest BCUT2D eigenvalue weighted by Gasteiger charge is -2.18. The standard InChI is InChI=1S/C10H16O2/c1-6-7-3-2-4-8(5-7)9(6)10(11)12/h6-9H,2-5H2,1H3,(H,11,12). The fourth-order valence-corrected chi connectivity index (χ4v) is 3.22. The summed E-state index contributed by atoms with van der Waals surface area (Å²) in [5, 5.41) is 9.03. The van der Waals surface area contributed by atoms with E-state index in [2.05, 4.69) is 6.92 Å². The second-order valence-electron chi connectivity index (χ2n) is 4.41. The molecule has 1 N–H and O–H groups in total. The number of carboxylic acid groups (broad SMARTS) is 1. The number of carbonyl (C=O) groups is 1. The summed E-state index contributed by atoms with van der Waals surface area (Å²) in [6.07, 6.45) is 4.85. The minimum atomic E-state index is -0.558. The summed E-state index contributed by atoms with van der Waals surface area (Å²) in [5.74, 6) is 1.05. The average Bonchev–Trinajstić information content (AvgIpc) is 2.24. The molecule has 0 radical (unpaired) electrons. The van der Waals surface area contributed by atoms with Gasteiger partial charge in [0.15, 0.2) is 0 Å². The first-order valence-corrected chi connectivity index (χ1v) is 4.93. The van der Waals surface area contributed by atoms with Crippen molar-refractivity contribution in [3.63, 3.8) is 0 Å². The van der Waals surface area contributed by atoms with Crippen molar-refractivity contribution in [2.45, 2.75) is 32.6 Å². The van der Waals surface area contributed by atoms with E-state index in [9.17, 15) is 4.79 Å². The van der Waals surface area contributed by atoms with Gasteiger partial charge in [0.25, 0.3) is 0 Å². The normalized spacial score (nSPS) is 46.1. The van der Waals surface area contributed by atoms with Gasteiger partial charge in [-0.2, -0.15) is 0 Å². The van der Waals surface area contributed by atoms with Gasteiger partial charge in [0, 0.05) is 0 Å². The molecule has 0 aliphatic heterocycles. The molecule has 2 heteroatoms. The van der Waals surface area contributed by atoms with Gasteiger partial charge in [0.1, 0.15) is 0 Å². The first kappa shape index (κ1) is 8.09. The number of hydrogen-bond donors (Lipinski definition) is 1. The topological polar surface area (TPSA) is 37.3 Å². The van der Waals surface area contributed by atoms with Crippen molar-refractivity contribution in [1.29, 1.82) is 0 Å². The van der Waals surface area contributed by atoms with Crippen molar-refractivity contribution < 1.29 is 9.90 Å². The summed E-state index contributed by atoms with van der Waals surface area (Å²) in [6.45, 7) is 2.12. The van der Waals surface area contributed by atoms with E-state index < -0.39 is 5.97 Å². The summed E-state index contributed by atoms with van der Waals surface area (Å²) >= 11 is 0. The van der Waals surface area contributed by atoms with Crippen LogP contribution in [0.15, 0.2) is 0 Å². The highest BCUT2D eigenvalue weighted by Gasteiger charge is 2.46. The molecule has 0 saturated heterocycles. The lowest BCUT2D eigenvalue weighted by Crippen LogP contribution is -2.22. The van der Waals surface area contributed by atoms with Crippen LogP contribution in [0.25, 0.3) is 0 Å². The molecule has 2 saturated carbocycles. The zero-order valence-electron chi connectivity index (χ0n) is 7.49. The third-order valence-electron chi connectivity index (χ3n) is 3.86. The molecule has 0 aromatic rings. The van der Waals surface area contributed by atoms with Gasteiger partial charge in [0.2, 0.25) is 0 Å². The Morgan fingerprint density at radius 3 is 2.58 bits per heavy atom. The molecule has 2 aliphatic carbocycles.